The fourth-order valence-corrected chi connectivity index (χ4v) is 2.12. The van der Waals surface area contributed by atoms with Crippen molar-refractivity contribution in [2.45, 2.75) is 48.3 Å². The van der Waals surface area contributed by atoms with Gasteiger partial charge in [0.1, 0.15) is 42.7 Å². The van der Waals surface area contributed by atoms with Crippen LogP contribution in [0.4, 0.5) is 0 Å². The van der Waals surface area contributed by atoms with Crippen molar-refractivity contribution in [3.05, 3.63) is 0 Å². The Bertz CT molecular complexity index is 462. The number of ketones is 1. The van der Waals surface area contributed by atoms with E-state index in [0.717, 1.165) is 0 Å². The van der Waals surface area contributed by atoms with E-state index in [1.807, 2.05) is 0 Å². The zero-order valence-corrected chi connectivity index (χ0v) is 11.9. The van der Waals surface area contributed by atoms with Crippen LogP contribution in [0.5, 0.6) is 0 Å². The molecule has 23 heavy (non-hydrogen) atoms. The summed E-state index contributed by atoms with van der Waals surface area (Å²) in [5.41, 5.74) is -3.08. The van der Waals surface area contributed by atoms with Crippen molar-refractivity contribution in [2.24, 2.45) is 0 Å². The maximum absolute atomic E-state index is 12.3. The van der Waals surface area contributed by atoms with Crippen LogP contribution in [0.3, 0.4) is 0 Å². The molecule has 10 nitrogen and oxygen atoms in total. The molecule has 1 saturated heterocycles. The minimum absolute atomic E-state index is 0.548. The van der Waals surface area contributed by atoms with Gasteiger partial charge in [0.25, 0.3) is 0 Å². The number of aliphatic hydroxyl groups excluding tert-OH is 7. The van der Waals surface area contributed by atoms with E-state index in [9.17, 15) is 40.5 Å². The smallest absolute Gasteiger partial charge is 0.215 e. The van der Waals surface area contributed by atoms with E-state index < -0.39 is 67.3 Å². The molecule has 0 amide bonds. The summed E-state index contributed by atoms with van der Waals surface area (Å²) in [6, 6.07) is 0. The molecule has 1 heterocycles. The highest BCUT2D eigenvalue weighted by Gasteiger charge is 2.53. The summed E-state index contributed by atoms with van der Waals surface area (Å²) >= 11 is 0. The molecule has 1 rings (SSSR count). The van der Waals surface area contributed by atoms with Crippen LogP contribution >= 0.6 is 0 Å². The number of carbonyl (C=O) groups excluding carboxylic acids is 1. The van der Waals surface area contributed by atoms with Crippen LogP contribution in [0.15, 0.2) is 0 Å². The summed E-state index contributed by atoms with van der Waals surface area (Å²) in [7, 11) is 0. The zero-order valence-electron chi connectivity index (χ0n) is 11.9. The van der Waals surface area contributed by atoms with Gasteiger partial charge in [0.05, 0.1) is 13.2 Å². The number of hydrogen-bond donors (Lipinski definition) is 8. The molecular formula is C13H20O10. The van der Waals surface area contributed by atoms with Crippen LogP contribution in [0, 0.1) is 12.3 Å². The first kappa shape index (κ1) is 19.9. The van der Waals surface area contributed by atoms with Gasteiger partial charge >= 0.3 is 0 Å². The van der Waals surface area contributed by atoms with E-state index in [0.29, 0.717) is 0 Å². The molecule has 0 bridgehead atoms. The summed E-state index contributed by atoms with van der Waals surface area (Å²) in [6.07, 6.45) is -8.54. The van der Waals surface area contributed by atoms with Crippen molar-refractivity contribution in [2.75, 3.05) is 13.2 Å². The first-order valence-corrected chi connectivity index (χ1v) is 6.67. The highest BCUT2D eigenvalue weighted by Crippen LogP contribution is 2.25. The number of hydrogen-bond acceptors (Lipinski definition) is 10. The molecule has 0 aromatic heterocycles. The van der Waals surface area contributed by atoms with Crippen molar-refractivity contribution in [1.29, 1.82) is 0 Å². The lowest BCUT2D eigenvalue weighted by Gasteiger charge is -2.39. The molecule has 0 aromatic carbocycles. The number of ether oxygens (including phenoxy) is 1. The van der Waals surface area contributed by atoms with Crippen LogP contribution in [-0.2, 0) is 9.53 Å². The molecule has 0 aromatic rings. The van der Waals surface area contributed by atoms with E-state index >= 15 is 0 Å². The van der Waals surface area contributed by atoms with Gasteiger partial charge in [-0.05, 0) is 0 Å². The zero-order chi connectivity index (χ0) is 17.9. The first-order valence-electron chi connectivity index (χ1n) is 6.67. The van der Waals surface area contributed by atoms with E-state index in [-0.39, 0.29) is 0 Å². The third-order valence-electron chi connectivity index (χ3n) is 3.69. The van der Waals surface area contributed by atoms with Gasteiger partial charge in [0.2, 0.25) is 11.4 Å². The summed E-state index contributed by atoms with van der Waals surface area (Å²) < 4.78 is 4.83. The molecule has 0 saturated carbocycles. The summed E-state index contributed by atoms with van der Waals surface area (Å²) in [4.78, 5) is 12.3. The van der Waals surface area contributed by atoms with Gasteiger partial charge in [-0.3, -0.25) is 4.79 Å². The van der Waals surface area contributed by atoms with Gasteiger partial charge in [-0.25, -0.2) is 0 Å². The van der Waals surface area contributed by atoms with Crippen LogP contribution in [0.25, 0.3) is 0 Å². The van der Waals surface area contributed by atoms with Crippen LogP contribution in [0.2, 0.25) is 0 Å². The summed E-state index contributed by atoms with van der Waals surface area (Å²) in [5.74, 6) is 0.0869. The molecule has 1 fully saturated rings. The van der Waals surface area contributed by atoms with Crippen LogP contribution in [0.1, 0.15) is 0 Å². The predicted molar refractivity (Wildman–Crippen MR) is 71.7 cm³/mol. The molecule has 0 radical (unpaired) electrons. The van der Waals surface area contributed by atoms with Crippen molar-refractivity contribution >= 4 is 5.78 Å². The Labute approximate surface area is 131 Å². The maximum Gasteiger partial charge on any atom is 0.215 e. The van der Waals surface area contributed by atoms with Crippen LogP contribution < -0.4 is 0 Å². The van der Waals surface area contributed by atoms with Gasteiger partial charge < -0.3 is 45.6 Å². The second-order valence-electron chi connectivity index (χ2n) is 5.26. The minimum atomic E-state index is -3.08. The lowest BCUT2D eigenvalue weighted by atomic mass is 9.82. The highest BCUT2D eigenvalue weighted by molar-refractivity contribution is 5.95. The normalized spacial score (nSPS) is 34.7. The second-order valence-corrected chi connectivity index (χ2v) is 5.26. The fraction of sp³-hybridized carbons (Fsp3) is 0.769. The Morgan fingerprint density at radius 2 is 1.83 bits per heavy atom. The van der Waals surface area contributed by atoms with Crippen molar-refractivity contribution in [3.63, 3.8) is 0 Å². The van der Waals surface area contributed by atoms with E-state index in [2.05, 4.69) is 0 Å². The van der Waals surface area contributed by atoms with Crippen molar-refractivity contribution < 1.29 is 50.4 Å². The van der Waals surface area contributed by atoms with Gasteiger partial charge in [0.15, 0.2) is 0 Å². The Balaban J connectivity index is 3.04. The maximum atomic E-state index is 12.3. The number of terminal acetylenes is 1. The van der Waals surface area contributed by atoms with Gasteiger partial charge in [-0.1, -0.05) is 5.92 Å². The lowest BCUT2D eigenvalue weighted by Crippen LogP contribution is -2.65. The lowest BCUT2D eigenvalue weighted by molar-refractivity contribution is -0.206. The van der Waals surface area contributed by atoms with Crippen molar-refractivity contribution in [3.8, 4) is 12.3 Å². The topological polar surface area (TPSA) is 188 Å². The SMILES string of the molecule is C#C[C@](O)(C(=O)C1OC[C@@H](O)[C@H](O)[C@H]1O)[C@@H](O)[C@H](O)[C@H](O)CO. The third-order valence-corrected chi connectivity index (χ3v) is 3.69. The molecule has 1 aliphatic heterocycles. The van der Waals surface area contributed by atoms with E-state index in [1.165, 1.54) is 0 Å². The Hall–Kier alpha value is -1.13. The molecule has 1 aliphatic rings. The van der Waals surface area contributed by atoms with Gasteiger partial charge in [-0.15, -0.1) is 6.42 Å². The standard InChI is InChI=1S/C13H20O10/c1-2-13(22,11(20)8(18)5(15)3-14)12(21)10-9(19)7(17)6(16)4-23-10/h1,5-11,14-20,22H,3-4H2/t5-,6-,7+,8-,9-,10?,11+,13-/m1/s1. The summed E-state index contributed by atoms with van der Waals surface area (Å²) in [5, 5.41) is 76.2. The number of rotatable bonds is 6. The highest BCUT2D eigenvalue weighted by atomic mass is 16.5. The monoisotopic (exact) mass is 336 g/mol. The third kappa shape index (κ3) is 3.69. The van der Waals surface area contributed by atoms with Gasteiger partial charge in [-0.2, -0.15) is 0 Å². The first-order chi connectivity index (χ1) is 10.6. The summed E-state index contributed by atoms with van der Waals surface area (Å²) in [6.45, 7) is -1.53. The molecule has 8 atom stereocenters. The quantitative estimate of drug-likeness (QED) is 0.217. The van der Waals surface area contributed by atoms with Crippen LogP contribution in [-0.4, -0.2) is 108 Å². The molecule has 0 spiro atoms. The molecular weight excluding hydrogens is 316 g/mol. The van der Waals surface area contributed by atoms with E-state index in [4.69, 9.17) is 16.3 Å². The largest absolute Gasteiger partial charge is 0.394 e. The molecule has 132 valence electrons. The van der Waals surface area contributed by atoms with Crippen molar-refractivity contribution in [1.82, 2.24) is 0 Å². The molecule has 8 N–H and O–H groups in total. The fourth-order valence-electron chi connectivity index (χ4n) is 2.12. The Kier molecular flexibility index (Phi) is 6.60. The molecule has 1 unspecified atom stereocenters. The second kappa shape index (κ2) is 7.63. The number of carbonyl (C=O) groups is 1. The predicted octanol–water partition coefficient (Wildman–Crippen LogP) is -5.52. The average Bonchev–Trinajstić information content (AvgIpc) is 2.56. The number of Topliss-reactive ketones (excluding diaryl/α,β-unsaturated/α-hetero) is 1. The van der Waals surface area contributed by atoms with E-state index in [1.54, 1.807) is 5.92 Å². The van der Waals surface area contributed by atoms with Gasteiger partial charge in [0, 0.05) is 0 Å². The minimum Gasteiger partial charge on any atom is -0.394 e. The Morgan fingerprint density at radius 3 is 2.30 bits per heavy atom. The number of aliphatic hydroxyl groups is 8. The average molecular weight is 336 g/mol. The molecule has 0 aliphatic carbocycles. The molecule has 10 heteroatoms. The Morgan fingerprint density at radius 1 is 1.26 bits per heavy atom.